The number of rotatable bonds is 3. The number of hydrogen-bond donors (Lipinski definition) is 2. The lowest BCUT2D eigenvalue weighted by atomic mass is 10.3. The number of aliphatic hydroxyl groups excluding tert-OH is 1. The van der Waals surface area contributed by atoms with Crippen LogP contribution in [0.5, 0.6) is 0 Å². The molecule has 1 rings (SSSR count). The number of carbonyl (C=O) groups excluding carboxylic acids is 1. The van der Waals surface area contributed by atoms with Gasteiger partial charge in [0, 0.05) is 10.7 Å². The van der Waals surface area contributed by atoms with Crippen molar-refractivity contribution in [3.63, 3.8) is 0 Å². The minimum atomic E-state index is -4.76. The number of amides is 1. The molecular weight excluding hydrogens is 305 g/mol. The Morgan fingerprint density at radius 2 is 2.24 bits per heavy atom. The van der Waals surface area contributed by atoms with Crippen LogP contribution in [0.2, 0.25) is 0 Å². The van der Waals surface area contributed by atoms with E-state index >= 15 is 0 Å². The Morgan fingerprint density at radius 1 is 1.59 bits per heavy atom. The second-order valence-electron chi connectivity index (χ2n) is 3.10. The van der Waals surface area contributed by atoms with Gasteiger partial charge in [-0.3, -0.25) is 4.79 Å². The van der Waals surface area contributed by atoms with Gasteiger partial charge >= 0.3 is 6.18 Å². The maximum atomic E-state index is 12.0. The molecule has 8 heteroatoms. The molecule has 0 saturated heterocycles. The molecule has 1 aromatic heterocycles. The summed E-state index contributed by atoms with van der Waals surface area (Å²) >= 11 is 3.04. The molecule has 0 aromatic carbocycles. The zero-order valence-electron chi connectivity index (χ0n) is 8.33. The molecule has 0 radical (unpaired) electrons. The van der Waals surface area contributed by atoms with E-state index in [0.29, 0.717) is 4.47 Å². The van der Waals surface area contributed by atoms with Gasteiger partial charge in [-0.1, -0.05) is 0 Å². The Morgan fingerprint density at radius 3 is 2.76 bits per heavy atom. The SMILES string of the molecule is O=C(NCC(O)C(F)(F)F)c1ncccc1Br. The fourth-order valence-corrected chi connectivity index (χ4v) is 1.38. The summed E-state index contributed by atoms with van der Waals surface area (Å²) in [5, 5.41) is 10.6. The molecule has 0 spiro atoms. The lowest BCUT2D eigenvalue weighted by Gasteiger charge is -2.14. The van der Waals surface area contributed by atoms with Gasteiger partial charge in [-0.15, -0.1) is 0 Å². The molecule has 1 atom stereocenters. The molecule has 4 nitrogen and oxygen atoms in total. The van der Waals surface area contributed by atoms with E-state index in [-0.39, 0.29) is 5.69 Å². The number of carbonyl (C=O) groups is 1. The number of alkyl halides is 3. The van der Waals surface area contributed by atoms with Crippen LogP contribution in [0.15, 0.2) is 22.8 Å². The Kier molecular flexibility index (Phi) is 4.47. The third-order valence-corrected chi connectivity index (χ3v) is 2.45. The van der Waals surface area contributed by atoms with E-state index in [0.717, 1.165) is 0 Å². The first kappa shape index (κ1) is 13.9. The van der Waals surface area contributed by atoms with E-state index in [1.807, 2.05) is 5.32 Å². The molecule has 0 bridgehead atoms. The van der Waals surface area contributed by atoms with Gasteiger partial charge < -0.3 is 10.4 Å². The van der Waals surface area contributed by atoms with Crippen molar-refractivity contribution in [3.05, 3.63) is 28.5 Å². The third kappa shape index (κ3) is 3.97. The zero-order chi connectivity index (χ0) is 13.1. The van der Waals surface area contributed by atoms with Gasteiger partial charge in [-0.05, 0) is 28.1 Å². The van der Waals surface area contributed by atoms with E-state index in [1.54, 1.807) is 6.07 Å². The van der Waals surface area contributed by atoms with E-state index in [4.69, 9.17) is 5.11 Å². The molecule has 1 unspecified atom stereocenters. The largest absolute Gasteiger partial charge is 0.416 e. The monoisotopic (exact) mass is 312 g/mol. The van der Waals surface area contributed by atoms with Crippen LogP contribution < -0.4 is 5.32 Å². The predicted molar refractivity (Wildman–Crippen MR) is 56.3 cm³/mol. The number of aliphatic hydroxyl groups is 1. The van der Waals surface area contributed by atoms with Gasteiger partial charge in [0.2, 0.25) is 0 Å². The smallest absolute Gasteiger partial charge is 0.382 e. The molecule has 1 amide bonds. The predicted octanol–water partition coefficient (Wildman–Crippen LogP) is 1.50. The second kappa shape index (κ2) is 5.46. The fourth-order valence-electron chi connectivity index (χ4n) is 0.942. The van der Waals surface area contributed by atoms with Crippen LogP contribution >= 0.6 is 15.9 Å². The topological polar surface area (TPSA) is 62.2 Å². The van der Waals surface area contributed by atoms with Gasteiger partial charge in [-0.2, -0.15) is 13.2 Å². The summed E-state index contributed by atoms with van der Waals surface area (Å²) in [5.41, 5.74) is -0.0399. The lowest BCUT2D eigenvalue weighted by molar-refractivity contribution is -0.201. The van der Waals surface area contributed by atoms with Crippen molar-refractivity contribution in [2.24, 2.45) is 0 Å². The normalized spacial score (nSPS) is 13.2. The first-order chi connectivity index (χ1) is 7.82. The third-order valence-electron chi connectivity index (χ3n) is 1.81. The molecule has 0 aliphatic heterocycles. The highest BCUT2D eigenvalue weighted by atomic mass is 79.9. The van der Waals surface area contributed by atoms with Crippen molar-refractivity contribution in [2.75, 3.05) is 6.54 Å². The van der Waals surface area contributed by atoms with Crippen LogP contribution in [-0.4, -0.2) is 34.8 Å². The quantitative estimate of drug-likeness (QED) is 0.889. The number of hydrogen-bond acceptors (Lipinski definition) is 3. The number of aromatic nitrogens is 1. The highest BCUT2D eigenvalue weighted by molar-refractivity contribution is 9.10. The summed E-state index contributed by atoms with van der Waals surface area (Å²) in [7, 11) is 0. The molecule has 94 valence electrons. The minimum absolute atomic E-state index is 0.0399. The van der Waals surface area contributed by atoms with Crippen LogP contribution in [0.1, 0.15) is 10.5 Å². The molecular formula is C9H8BrF3N2O2. The Labute approximate surface area is 103 Å². The van der Waals surface area contributed by atoms with Crippen LogP contribution in [0.25, 0.3) is 0 Å². The van der Waals surface area contributed by atoms with E-state index in [2.05, 4.69) is 20.9 Å². The molecule has 1 aromatic rings. The zero-order valence-corrected chi connectivity index (χ0v) is 9.92. The summed E-state index contributed by atoms with van der Waals surface area (Å²) in [4.78, 5) is 15.1. The van der Waals surface area contributed by atoms with E-state index in [9.17, 15) is 18.0 Å². The molecule has 0 saturated carbocycles. The van der Waals surface area contributed by atoms with Crippen LogP contribution in [0, 0.1) is 0 Å². The summed E-state index contributed by atoms with van der Waals surface area (Å²) in [5.74, 6) is -0.791. The second-order valence-corrected chi connectivity index (χ2v) is 3.96. The van der Waals surface area contributed by atoms with Gasteiger partial charge in [0.05, 0.1) is 6.54 Å². The molecule has 0 aliphatic rings. The van der Waals surface area contributed by atoms with Crippen LogP contribution in [0.4, 0.5) is 13.2 Å². The molecule has 1 heterocycles. The van der Waals surface area contributed by atoms with Crippen LogP contribution in [-0.2, 0) is 0 Å². The van der Waals surface area contributed by atoms with E-state index in [1.165, 1.54) is 12.3 Å². The summed E-state index contributed by atoms with van der Waals surface area (Å²) < 4.78 is 36.2. The van der Waals surface area contributed by atoms with Gasteiger partial charge in [0.1, 0.15) is 5.69 Å². The number of nitrogens with one attached hydrogen (secondary N) is 1. The maximum absolute atomic E-state index is 12.0. The standard InChI is InChI=1S/C9H8BrF3N2O2/c10-5-2-1-3-14-7(5)8(17)15-4-6(16)9(11,12)13/h1-3,6,16H,4H2,(H,15,17). The summed E-state index contributed by atoms with van der Waals surface area (Å²) in [6.07, 6.45) is -6.01. The molecule has 0 aliphatic carbocycles. The van der Waals surface area contributed by atoms with Crippen molar-refractivity contribution in [1.82, 2.24) is 10.3 Å². The van der Waals surface area contributed by atoms with E-state index < -0.39 is 24.7 Å². The van der Waals surface area contributed by atoms with Gasteiger partial charge in [0.15, 0.2) is 6.10 Å². The van der Waals surface area contributed by atoms with Crippen molar-refractivity contribution >= 4 is 21.8 Å². The highest BCUT2D eigenvalue weighted by Crippen LogP contribution is 2.19. The first-order valence-electron chi connectivity index (χ1n) is 4.46. The van der Waals surface area contributed by atoms with Crippen molar-refractivity contribution in [2.45, 2.75) is 12.3 Å². The Bertz CT molecular complexity index is 411. The average molecular weight is 313 g/mol. The Hall–Kier alpha value is -1.15. The minimum Gasteiger partial charge on any atom is -0.382 e. The maximum Gasteiger partial charge on any atom is 0.416 e. The number of pyridine rings is 1. The fraction of sp³-hybridized carbons (Fsp3) is 0.333. The number of halogens is 4. The molecule has 0 fully saturated rings. The van der Waals surface area contributed by atoms with Crippen molar-refractivity contribution in [3.8, 4) is 0 Å². The van der Waals surface area contributed by atoms with Crippen molar-refractivity contribution < 1.29 is 23.1 Å². The highest BCUT2D eigenvalue weighted by Gasteiger charge is 2.38. The lowest BCUT2D eigenvalue weighted by Crippen LogP contribution is -2.41. The van der Waals surface area contributed by atoms with Gasteiger partial charge in [-0.25, -0.2) is 4.98 Å². The van der Waals surface area contributed by atoms with Gasteiger partial charge in [0.25, 0.3) is 5.91 Å². The average Bonchev–Trinajstić information content (AvgIpc) is 2.24. The van der Waals surface area contributed by atoms with Crippen molar-refractivity contribution in [1.29, 1.82) is 0 Å². The molecule has 2 N–H and O–H groups in total. The van der Waals surface area contributed by atoms with Crippen LogP contribution in [0.3, 0.4) is 0 Å². The number of nitrogens with zero attached hydrogens (tertiary/aromatic N) is 1. The Balaban J connectivity index is 2.60. The first-order valence-corrected chi connectivity index (χ1v) is 5.25. The summed E-state index contributed by atoms with van der Waals surface area (Å²) in [6, 6.07) is 3.09. The summed E-state index contributed by atoms with van der Waals surface area (Å²) in [6.45, 7) is -0.911. The molecule has 17 heavy (non-hydrogen) atoms.